The lowest BCUT2D eigenvalue weighted by Crippen LogP contribution is -2.10. The van der Waals surface area contributed by atoms with Gasteiger partial charge in [-0.25, -0.2) is 0 Å². The summed E-state index contributed by atoms with van der Waals surface area (Å²) >= 11 is 0. The molecule has 0 aliphatic rings. The monoisotopic (exact) mass is 613 g/mol. The minimum atomic E-state index is 0.888. The van der Waals surface area contributed by atoms with Gasteiger partial charge in [0.2, 0.25) is 0 Å². The Kier molecular flexibility index (Phi) is 6.84. The lowest BCUT2D eigenvalue weighted by Gasteiger charge is -2.26. The molecule has 0 aliphatic carbocycles. The van der Waals surface area contributed by atoms with Crippen molar-refractivity contribution in [2.75, 3.05) is 4.90 Å². The van der Waals surface area contributed by atoms with Gasteiger partial charge in [-0.1, -0.05) is 133 Å². The zero-order valence-electron chi connectivity index (χ0n) is 26.3. The van der Waals surface area contributed by atoms with E-state index in [0.717, 1.165) is 39.0 Å². The summed E-state index contributed by atoms with van der Waals surface area (Å²) in [5.41, 5.74) is 12.2. The fraction of sp³-hybridized carbons (Fsp3) is 0. The van der Waals surface area contributed by atoms with Gasteiger partial charge in [-0.05, 0) is 98.8 Å². The number of benzene rings is 8. The molecule has 0 radical (unpaired) electrons. The summed E-state index contributed by atoms with van der Waals surface area (Å²) in [6.45, 7) is 0. The Bertz CT molecular complexity index is 2540. The highest BCUT2D eigenvalue weighted by Gasteiger charge is 2.16. The average Bonchev–Trinajstić information content (AvgIpc) is 3.54. The van der Waals surface area contributed by atoms with E-state index < -0.39 is 0 Å². The molecule has 0 amide bonds. The molecule has 1 aromatic heterocycles. The van der Waals surface area contributed by atoms with E-state index in [0.29, 0.717) is 0 Å². The predicted molar refractivity (Wildman–Crippen MR) is 202 cm³/mol. The zero-order chi connectivity index (χ0) is 31.9. The number of nitrogens with zero attached hydrogens (tertiary/aromatic N) is 1. The van der Waals surface area contributed by atoms with Crippen LogP contribution >= 0.6 is 0 Å². The molecular formula is C46H31NO. The predicted octanol–water partition coefficient (Wildman–Crippen LogP) is 13.2. The molecule has 0 saturated heterocycles. The van der Waals surface area contributed by atoms with Gasteiger partial charge in [0.25, 0.3) is 0 Å². The Morgan fingerprint density at radius 1 is 0.292 bits per heavy atom. The van der Waals surface area contributed by atoms with Crippen LogP contribution in [0.5, 0.6) is 0 Å². The summed E-state index contributed by atoms with van der Waals surface area (Å²) in [5, 5.41) is 4.71. The number of hydrogen-bond donors (Lipinski definition) is 0. The largest absolute Gasteiger partial charge is 0.456 e. The molecule has 0 atom stereocenters. The van der Waals surface area contributed by atoms with Crippen LogP contribution in [0.4, 0.5) is 17.1 Å². The fourth-order valence-corrected chi connectivity index (χ4v) is 6.78. The first kappa shape index (κ1) is 27.9. The maximum Gasteiger partial charge on any atom is 0.135 e. The summed E-state index contributed by atoms with van der Waals surface area (Å²) < 4.78 is 6.19. The molecule has 226 valence electrons. The minimum Gasteiger partial charge on any atom is -0.456 e. The average molecular weight is 614 g/mol. The Morgan fingerprint density at radius 3 is 1.62 bits per heavy atom. The van der Waals surface area contributed by atoms with Gasteiger partial charge in [-0.15, -0.1) is 0 Å². The summed E-state index contributed by atoms with van der Waals surface area (Å²) in [6, 6.07) is 67.0. The Hall–Kier alpha value is -6.38. The van der Waals surface area contributed by atoms with Crippen molar-refractivity contribution in [2.45, 2.75) is 0 Å². The second-order valence-corrected chi connectivity index (χ2v) is 12.2. The Morgan fingerprint density at radius 2 is 0.833 bits per heavy atom. The topological polar surface area (TPSA) is 16.4 Å². The first-order chi connectivity index (χ1) is 23.8. The summed E-state index contributed by atoms with van der Waals surface area (Å²) in [4.78, 5) is 2.34. The van der Waals surface area contributed by atoms with Crippen LogP contribution in [0.25, 0.3) is 66.1 Å². The van der Waals surface area contributed by atoms with Gasteiger partial charge in [0, 0.05) is 27.8 Å². The minimum absolute atomic E-state index is 0.888. The highest BCUT2D eigenvalue weighted by Crippen LogP contribution is 2.40. The maximum absolute atomic E-state index is 6.19. The Balaban J connectivity index is 1.14. The van der Waals surface area contributed by atoms with Gasteiger partial charge < -0.3 is 9.32 Å². The first-order valence-corrected chi connectivity index (χ1v) is 16.3. The molecule has 1 heterocycles. The summed E-state index contributed by atoms with van der Waals surface area (Å²) in [7, 11) is 0. The van der Waals surface area contributed by atoms with E-state index in [-0.39, 0.29) is 0 Å². The van der Waals surface area contributed by atoms with E-state index >= 15 is 0 Å². The summed E-state index contributed by atoms with van der Waals surface area (Å²) in [6.07, 6.45) is 0. The van der Waals surface area contributed by atoms with Crippen molar-refractivity contribution in [1.29, 1.82) is 0 Å². The molecule has 0 unspecified atom stereocenters. The van der Waals surface area contributed by atoms with Crippen molar-refractivity contribution in [1.82, 2.24) is 0 Å². The molecule has 0 aliphatic heterocycles. The fourth-order valence-electron chi connectivity index (χ4n) is 6.78. The molecule has 0 fully saturated rings. The van der Waals surface area contributed by atoms with Crippen LogP contribution in [0, 0.1) is 0 Å². The third-order valence-electron chi connectivity index (χ3n) is 9.26. The van der Waals surface area contributed by atoms with E-state index in [1.54, 1.807) is 0 Å². The molecule has 48 heavy (non-hydrogen) atoms. The maximum atomic E-state index is 6.19. The van der Waals surface area contributed by atoms with Crippen molar-refractivity contribution in [3.8, 4) is 33.4 Å². The lowest BCUT2D eigenvalue weighted by molar-refractivity contribution is 0.669. The quantitative estimate of drug-likeness (QED) is 0.185. The van der Waals surface area contributed by atoms with Crippen molar-refractivity contribution in [3.05, 3.63) is 188 Å². The third-order valence-corrected chi connectivity index (χ3v) is 9.26. The molecule has 0 saturated carbocycles. The van der Waals surface area contributed by atoms with Gasteiger partial charge in [0.1, 0.15) is 11.2 Å². The molecular weight excluding hydrogens is 583 g/mol. The third kappa shape index (κ3) is 5.10. The van der Waals surface area contributed by atoms with E-state index in [2.05, 4.69) is 181 Å². The molecule has 0 N–H and O–H groups in total. The SMILES string of the molecule is c1ccc(-c2ccc(-c3ccc(N(c4cccc(-c5ccc6ccccc6c5)c4)c4ccc5oc6ccccc6c5c4)cc3)cc2)cc1. The normalized spacial score (nSPS) is 11.3. The summed E-state index contributed by atoms with van der Waals surface area (Å²) in [5.74, 6) is 0. The van der Waals surface area contributed by atoms with Gasteiger partial charge in [0.15, 0.2) is 0 Å². The molecule has 0 spiro atoms. The standard InChI is InChI=1S/C46H31NO/c1-2-9-32(10-3-1)34-17-19-35(20-18-34)36-23-25-40(26-24-36)47(42-27-28-46-44(31-42)43-15-6-7-16-45(43)48-46)41-14-8-13-38(30-41)39-22-21-33-11-4-5-12-37(33)29-39/h1-31H. The molecule has 9 rings (SSSR count). The van der Waals surface area contributed by atoms with Crippen LogP contribution < -0.4 is 4.90 Å². The van der Waals surface area contributed by atoms with Crippen molar-refractivity contribution in [3.63, 3.8) is 0 Å². The van der Waals surface area contributed by atoms with E-state index in [9.17, 15) is 0 Å². The van der Waals surface area contributed by atoms with Gasteiger partial charge in [-0.2, -0.15) is 0 Å². The second kappa shape index (κ2) is 11.8. The molecule has 2 heteroatoms. The number of furan rings is 1. The van der Waals surface area contributed by atoms with Crippen LogP contribution in [-0.4, -0.2) is 0 Å². The number of hydrogen-bond acceptors (Lipinski definition) is 2. The number of rotatable bonds is 6. The van der Waals surface area contributed by atoms with Gasteiger partial charge >= 0.3 is 0 Å². The number of fused-ring (bicyclic) bond motifs is 4. The van der Waals surface area contributed by atoms with Crippen molar-refractivity contribution >= 4 is 49.8 Å². The zero-order valence-corrected chi connectivity index (χ0v) is 26.3. The highest BCUT2D eigenvalue weighted by atomic mass is 16.3. The lowest BCUT2D eigenvalue weighted by atomic mass is 9.99. The first-order valence-electron chi connectivity index (χ1n) is 16.3. The van der Waals surface area contributed by atoms with Gasteiger partial charge in [0.05, 0.1) is 0 Å². The van der Waals surface area contributed by atoms with Crippen molar-refractivity contribution < 1.29 is 4.42 Å². The van der Waals surface area contributed by atoms with Crippen LogP contribution in [0.3, 0.4) is 0 Å². The smallest absolute Gasteiger partial charge is 0.135 e. The molecule has 9 aromatic rings. The van der Waals surface area contributed by atoms with Crippen molar-refractivity contribution in [2.24, 2.45) is 0 Å². The second-order valence-electron chi connectivity index (χ2n) is 12.2. The van der Waals surface area contributed by atoms with Crippen LogP contribution in [-0.2, 0) is 0 Å². The molecule has 2 nitrogen and oxygen atoms in total. The van der Waals surface area contributed by atoms with Crippen LogP contribution in [0.2, 0.25) is 0 Å². The van der Waals surface area contributed by atoms with E-state index in [1.807, 2.05) is 12.1 Å². The highest BCUT2D eigenvalue weighted by molar-refractivity contribution is 6.06. The van der Waals surface area contributed by atoms with Crippen LogP contribution in [0.1, 0.15) is 0 Å². The molecule has 8 aromatic carbocycles. The van der Waals surface area contributed by atoms with Crippen LogP contribution in [0.15, 0.2) is 192 Å². The molecule has 0 bridgehead atoms. The number of anilines is 3. The van der Waals surface area contributed by atoms with E-state index in [1.165, 1.54) is 44.2 Å². The van der Waals surface area contributed by atoms with Gasteiger partial charge in [-0.3, -0.25) is 0 Å². The number of para-hydroxylation sites is 1. The Labute approximate surface area is 279 Å². The van der Waals surface area contributed by atoms with E-state index in [4.69, 9.17) is 4.42 Å².